The van der Waals surface area contributed by atoms with Crippen LogP contribution in [0.25, 0.3) is 0 Å². The molecule has 27 heavy (non-hydrogen) atoms. The van der Waals surface area contributed by atoms with E-state index < -0.39 is 0 Å². The summed E-state index contributed by atoms with van der Waals surface area (Å²) in [6.07, 6.45) is 1.81. The van der Waals surface area contributed by atoms with Crippen LogP contribution in [-0.2, 0) is 14.3 Å². The lowest BCUT2D eigenvalue weighted by Gasteiger charge is -2.31. The molecule has 0 rings (SSSR count). The van der Waals surface area contributed by atoms with Gasteiger partial charge in [-0.3, -0.25) is 4.79 Å². The third-order valence-electron chi connectivity index (χ3n) is 3.73. The van der Waals surface area contributed by atoms with Gasteiger partial charge >= 0.3 is 0 Å². The number of carbonyl (C=O) groups excluding carboxylic acids is 1. The number of hydrogen-bond acceptors (Lipinski definition) is 3. The number of ether oxygens (including phenoxy) is 2. The Morgan fingerprint density at radius 3 is 1.19 bits per heavy atom. The minimum absolute atomic E-state index is 0. The zero-order valence-electron chi connectivity index (χ0n) is 20.4. The zero-order chi connectivity index (χ0) is 21.7. The van der Waals surface area contributed by atoms with Gasteiger partial charge in [0.25, 0.3) is 0 Å². The highest BCUT2D eigenvalue weighted by Gasteiger charge is 2.23. The molecule has 0 aliphatic carbocycles. The largest absolute Gasteiger partial charge is 0.376 e. The molecule has 168 valence electrons. The molecule has 0 bridgehead atoms. The third kappa shape index (κ3) is 27.9. The number of Topliss-reactive ketones (excluding diaryl/α,β-unsaturated/α-hetero) is 1. The van der Waals surface area contributed by atoms with Crippen LogP contribution in [0.15, 0.2) is 0 Å². The maximum atomic E-state index is 11.0. The lowest BCUT2D eigenvalue weighted by Crippen LogP contribution is -2.33. The van der Waals surface area contributed by atoms with Crippen molar-refractivity contribution in [2.75, 3.05) is 0 Å². The lowest BCUT2D eigenvalue weighted by atomic mass is 9.94. The van der Waals surface area contributed by atoms with Crippen LogP contribution >= 0.6 is 0 Å². The Labute approximate surface area is 173 Å². The summed E-state index contributed by atoms with van der Waals surface area (Å²) in [5.74, 6) is 1.69. The first-order chi connectivity index (χ1) is 11.5. The summed E-state index contributed by atoms with van der Waals surface area (Å²) < 4.78 is 10.9. The van der Waals surface area contributed by atoms with Crippen molar-refractivity contribution >= 4 is 5.78 Å². The predicted molar refractivity (Wildman–Crippen MR) is 123 cm³/mol. The summed E-state index contributed by atoms with van der Waals surface area (Å²) in [4.78, 5) is 11.0. The normalized spacial score (nSPS) is 11.4. The monoisotopic (exact) mass is 390 g/mol. The maximum absolute atomic E-state index is 11.0. The van der Waals surface area contributed by atoms with Crippen LogP contribution < -0.4 is 0 Å². The molecule has 3 nitrogen and oxygen atoms in total. The highest BCUT2D eigenvalue weighted by molar-refractivity contribution is 5.80. The molecular formula is C24H54O3. The van der Waals surface area contributed by atoms with E-state index in [1.165, 1.54) is 0 Å². The number of hydrogen-bond donors (Lipinski definition) is 0. The molecule has 0 fully saturated rings. The van der Waals surface area contributed by atoms with Gasteiger partial charge in [0.05, 0.1) is 23.9 Å². The van der Waals surface area contributed by atoms with Crippen LogP contribution in [-0.4, -0.2) is 29.7 Å². The van der Waals surface area contributed by atoms with Gasteiger partial charge in [-0.25, -0.2) is 0 Å². The Morgan fingerprint density at radius 1 is 0.741 bits per heavy atom. The van der Waals surface area contributed by atoms with Gasteiger partial charge in [-0.1, -0.05) is 49.0 Å². The third-order valence-corrected chi connectivity index (χ3v) is 3.73. The van der Waals surface area contributed by atoms with E-state index in [1.807, 2.05) is 41.5 Å². The van der Waals surface area contributed by atoms with Gasteiger partial charge in [0.2, 0.25) is 0 Å². The first-order valence-electron chi connectivity index (χ1n) is 10.4. The molecular weight excluding hydrogens is 336 g/mol. The van der Waals surface area contributed by atoms with Gasteiger partial charge < -0.3 is 9.47 Å². The molecule has 0 saturated carbocycles. The van der Waals surface area contributed by atoms with Gasteiger partial charge in [-0.15, -0.1) is 0 Å². The highest BCUT2D eigenvalue weighted by atomic mass is 16.5. The molecule has 0 aliphatic heterocycles. The van der Waals surface area contributed by atoms with Crippen LogP contribution in [0.2, 0.25) is 0 Å². The number of ketones is 1. The molecule has 0 unspecified atom stereocenters. The molecule has 0 aromatic carbocycles. The smallest absolute Gasteiger partial charge is 0.135 e. The van der Waals surface area contributed by atoms with Crippen LogP contribution in [0.3, 0.4) is 0 Å². The van der Waals surface area contributed by atoms with Gasteiger partial charge in [0.1, 0.15) is 5.78 Å². The summed E-state index contributed by atoms with van der Waals surface area (Å²) in [7, 11) is 0. The fourth-order valence-corrected chi connectivity index (χ4v) is 1.93. The summed E-state index contributed by atoms with van der Waals surface area (Å²) in [5.41, 5.74) is 0.0220. The molecule has 0 amide bonds. The molecule has 0 spiro atoms. The SMILES string of the molecule is C.CC(C)CC(=O)C(C)C.CC(C)OC(C)(C)C(C)C.CC(C)OC(C)C. The average molecular weight is 391 g/mol. The minimum Gasteiger partial charge on any atom is -0.376 e. The molecule has 0 radical (unpaired) electrons. The standard InChI is InChI=1S/C9H20O.C8H16O.C6H14O.CH4/c1-7(2)9(5,6)10-8(3)4;1-6(2)5-8(9)7(3)4;1-5(2)7-6(3)4;/h7-8H,1-6H3;6-7H,5H2,1-4H3;5-6H,1-4H3;1H4. The Bertz CT molecular complexity index is 321. The van der Waals surface area contributed by atoms with E-state index in [4.69, 9.17) is 9.47 Å². The van der Waals surface area contributed by atoms with E-state index in [1.54, 1.807) is 0 Å². The number of rotatable bonds is 8. The quantitative estimate of drug-likeness (QED) is 0.429. The fourth-order valence-electron chi connectivity index (χ4n) is 1.93. The van der Waals surface area contributed by atoms with Crippen molar-refractivity contribution in [1.82, 2.24) is 0 Å². The number of carbonyl (C=O) groups is 1. The molecule has 0 aromatic heterocycles. The lowest BCUT2D eigenvalue weighted by molar-refractivity contribution is -0.122. The first-order valence-corrected chi connectivity index (χ1v) is 10.4. The second-order valence-corrected chi connectivity index (χ2v) is 9.38. The summed E-state index contributed by atoms with van der Waals surface area (Å²) in [6.45, 7) is 29.0. The van der Waals surface area contributed by atoms with Gasteiger partial charge in [0, 0.05) is 12.3 Å². The second-order valence-electron chi connectivity index (χ2n) is 9.38. The van der Waals surface area contributed by atoms with Crippen LogP contribution in [0.5, 0.6) is 0 Å². The van der Waals surface area contributed by atoms with E-state index in [0.29, 0.717) is 35.9 Å². The van der Waals surface area contributed by atoms with Crippen LogP contribution in [0.4, 0.5) is 0 Å². The molecule has 0 N–H and O–H groups in total. The summed E-state index contributed by atoms with van der Waals surface area (Å²) in [6, 6.07) is 0. The highest BCUT2D eigenvalue weighted by Crippen LogP contribution is 2.21. The van der Waals surface area contributed by atoms with Gasteiger partial charge in [-0.2, -0.15) is 0 Å². The Kier molecular flexibility index (Phi) is 22.3. The summed E-state index contributed by atoms with van der Waals surface area (Å²) >= 11 is 0. The van der Waals surface area contributed by atoms with Gasteiger partial charge in [-0.05, 0) is 67.2 Å². The fraction of sp³-hybridized carbons (Fsp3) is 0.958. The van der Waals surface area contributed by atoms with Crippen molar-refractivity contribution in [2.24, 2.45) is 17.8 Å². The second kappa shape index (κ2) is 17.7. The summed E-state index contributed by atoms with van der Waals surface area (Å²) in [5, 5.41) is 0. The molecule has 0 aliphatic rings. The minimum atomic E-state index is 0. The predicted octanol–water partition coefficient (Wildman–Crippen LogP) is 7.56. The maximum Gasteiger partial charge on any atom is 0.135 e. The van der Waals surface area contributed by atoms with E-state index in [0.717, 1.165) is 6.42 Å². The van der Waals surface area contributed by atoms with Crippen molar-refractivity contribution in [3.63, 3.8) is 0 Å². The van der Waals surface area contributed by atoms with Crippen molar-refractivity contribution < 1.29 is 14.3 Å². The van der Waals surface area contributed by atoms with E-state index in [9.17, 15) is 4.79 Å². The molecule has 0 atom stereocenters. The average Bonchev–Trinajstić information content (AvgIpc) is 2.35. The molecule has 0 saturated heterocycles. The van der Waals surface area contributed by atoms with Crippen molar-refractivity contribution in [2.45, 2.75) is 135 Å². The first kappa shape index (κ1) is 34.1. The van der Waals surface area contributed by atoms with Crippen LogP contribution in [0, 0.1) is 17.8 Å². The molecule has 0 heterocycles. The molecule has 3 heteroatoms. The Balaban J connectivity index is -0.000000146. The van der Waals surface area contributed by atoms with Gasteiger partial charge in [0.15, 0.2) is 0 Å². The van der Waals surface area contributed by atoms with E-state index in [-0.39, 0.29) is 18.9 Å². The van der Waals surface area contributed by atoms with E-state index >= 15 is 0 Å². The van der Waals surface area contributed by atoms with Crippen molar-refractivity contribution in [3.8, 4) is 0 Å². The van der Waals surface area contributed by atoms with E-state index in [2.05, 4.69) is 55.4 Å². The van der Waals surface area contributed by atoms with Crippen LogP contribution in [0.1, 0.15) is 111 Å². The zero-order valence-corrected chi connectivity index (χ0v) is 20.4. The Hall–Kier alpha value is -0.410. The molecule has 0 aromatic rings. The van der Waals surface area contributed by atoms with Crippen molar-refractivity contribution in [3.05, 3.63) is 0 Å². The topological polar surface area (TPSA) is 35.5 Å². The Morgan fingerprint density at radius 2 is 1.11 bits per heavy atom. The van der Waals surface area contributed by atoms with Crippen molar-refractivity contribution in [1.29, 1.82) is 0 Å².